The van der Waals surface area contributed by atoms with E-state index >= 15 is 0 Å². The smallest absolute Gasteiger partial charge is 0.127 e. The Bertz CT molecular complexity index is 358. The molecule has 2 N–H and O–H groups in total. The summed E-state index contributed by atoms with van der Waals surface area (Å²) >= 11 is 0. The number of halogens is 1. The van der Waals surface area contributed by atoms with Gasteiger partial charge in [-0.05, 0) is 13.0 Å². The molecule has 5 heteroatoms. The van der Waals surface area contributed by atoms with Crippen LogP contribution in [0.2, 0.25) is 0 Å². The lowest BCUT2D eigenvalue weighted by Crippen LogP contribution is -2.13. The van der Waals surface area contributed by atoms with Crippen LogP contribution in [-0.4, -0.2) is 33.5 Å². The fourth-order valence-corrected chi connectivity index (χ4v) is 1.46. The fourth-order valence-electron chi connectivity index (χ4n) is 1.46. The van der Waals surface area contributed by atoms with Gasteiger partial charge in [-0.25, -0.2) is 4.39 Å². The Morgan fingerprint density at radius 1 is 1.22 bits per heavy atom. The fraction of sp³-hybridized carbons (Fsp3) is 0.538. The molecule has 0 amide bonds. The van der Waals surface area contributed by atoms with Crippen molar-refractivity contribution in [3.8, 4) is 5.75 Å². The molecule has 0 saturated carbocycles. The van der Waals surface area contributed by atoms with E-state index in [2.05, 4.69) is 0 Å². The molecule has 0 radical (unpaired) electrons. The third-order valence-corrected chi connectivity index (χ3v) is 2.38. The van der Waals surface area contributed by atoms with Gasteiger partial charge in [0.1, 0.15) is 18.2 Å². The van der Waals surface area contributed by atoms with E-state index in [9.17, 15) is 4.39 Å². The Hall–Kier alpha value is -1.17. The lowest BCUT2D eigenvalue weighted by molar-refractivity contribution is 0.0542. The van der Waals surface area contributed by atoms with Crippen molar-refractivity contribution in [2.24, 2.45) is 5.73 Å². The van der Waals surface area contributed by atoms with Crippen molar-refractivity contribution in [3.63, 3.8) is 0 Å². The highest BCUT2D eigenvalue weighted by Crippen LogP contribution is 2.24. The zero-order chi connectivity index (χ0) is 13.4. The second-order valence-electron chi connectivity index (χ2n) is 3.92. The van der Waals surface area contributed by atoms with Crippen LogP contribution in [0.15, 0.2) is 18.2 Å². The SMILES string of the molecule is COCCOCCOc1cc(F)ccc1[C@H](C)N. The minimum atomic E-state index is -0.338. The van der Waals surface area contributed by atoms with E-state index in [0.717, 1.165) is 5.56 Å². The van der Waals surface area contributed by atoms with Gasteiger partial charge in [0.05, 0.1) is 19.8 Å². The number of methoxy groups -OCH3 is 1. The zero-order valence-electron chi connectivity index (χ0n) is 10.8. The van der Waals surface area contributed by atoms with Gasteiger partial charge >= 0.3 is 0 Å². The first-order valence-corrected chi connectivity index (χ1v) is 5.89. The monoisotopic (exact) mass is 257 g/mol. The molecule has 1 aromatic rings. The molecule has 0 aromatic heterocycles. The molecule has 102 valence electrons. The lowest BCUT2D eigenvalue weighted by Gasteiger charge is -2.14. The number of nitrogens with two attached hydrogens (primary N) is 1. The summed E-state index contributed by atoms with van der Waals surface area (Å²) in [5.41, 5.74) is 6.57. The van der Waals surface area contributed by atoms with Crippen molar-refractivity contribution >= 4 is 0 Å². The topological polar surface area (TPSA) is 53.7 Å². The van der Waals surface area contributed by atoms with Crippen molar-refractivity contribution < 1.29 is 18.6 Å². The van der Waals surface area contributed by atoms with Gasteiger partial charge in [0.15, 0.2) is 0 Å². The molecule has 1 atom stereocenters. The largest absolute Gasteiger partial charge is 0.491 e. The van der Waals surface area contributed by atoms with Crippen LogP contribution in [0.1, 0.15) is 18.5 Å². The van der Waals surface area contributed by atoms with Gasteiger partial charge in [0.25, 0.3) is 0 Å². The first kappa shape index (κ1) is 14.9. The van der Waals surface area contributed by atoms with Crippen LogP contribution >= 0.6 is 0 Å². The summed E-state index contributed by atoms with van der Waals surface area (Å²) in [6.45, 7) is 3.68. The van der Waals surface area contributed by atoms with Crippen molar-refractivity contribution in [1.29, 1.82) is 0 Å². The summed E-state index contributed by atoms with van der Waals surface area (Å²) in [5, 5.41) is 0. The Labute approximate surface area is 107 Å². The predicted molar refractivity (Wildman–Crippen MR) is 67.2 cm³/mol. The minimum Gasteiger partial charge on any atom is -0.491 e. The van der Waals surface area contributed by atoms with E-state index in [0.29, 0.717) is 32.2 Å². The molecular formula is C13H20FNO3. The van der Waals surface area contributed by atoms with Crippen LogP contribution in [0, 0.1) is 5.82 Å². The molecule has 0 bridgehead atoms. The maximum atomic E-state index is 13.1. The number of hydrogen-bond acceptors (Lipinski definition) is 4. The molecule has 1 rings (SSSR count). The highest BCUT2D eigenvalue weighted by Gasteiger charge is 2.09. The van der Waals surface area contributed by atoms with Crippen LogP contribution in [0.5, 0.6) is 5.75 Å². The molecule has 0 heterocycles. The highest BCUT2D eigenvalue weighted by molar-refractivity contribution is 5.36. The third-order valence-electron chi connectivity index (χ3n) is 2.38. The molecule has 0 spiro atoms. The third kappa shape index (κ3) is 5.00. The highest BCUT2D eigenvalue weighted by atomic mass is 19.1. The van der Waals surface area contributed by atoms with Crippen molar-refractivity contribution in [2.45, 2.75) is 13.0 Å². The minimum absolute atomic E-state index is 0.199. The summed E-state index contributed by atoms with van der Waals surface area (Å²) < 4.78 is 28.7. The van der Waals surface area contributed by atoms with E-state index < -0.39 is 0 Å². The molecule has 0 fully saturated rings. The van der Waals surface area contributed by atoms with Crippen LogP contribution in [0.25, 0.3) is 0 Å². The van der Waals surface area contributed by atoms with E-state index in [1.807, 2.05) is 6.92 Å². The Kier molecular flexibility index (Phi) is 6.64. The molecule has 4 nitrogen and oxygen atoms in total. The molecule has 1 aromatic carbocycles. The standard InChI is InChI=1S/C13H20FNO3/c1-10(15)12-4-3-11(14)9-13(12)18-8-7-17-6-5-16-2/h3-4,9-10H,5-8,15H2,1-2H3/t10-/m0/s1. The normalized spacial score (nSPS) is 12.4. The number of benzene rings is 1. The van der Waals surface area contributed by atoms with Crippen LogP contribution in [-0.2, 0) is 9.47 Å². The van der Waals surface area contributed by atoms with Crippen LogP contribution in [0.3, 0.4) is 0 Å². The first-order valence-electron chi connectivity index (χ1n) is 5.89. The summed E-state index contributed by atoms with van der Waals surface area (Å²) in [4.78, 5) is 0. The number of hydrogen-bond donors (Lipinski definition) is 1. The van der Waals surface area contributed by atoms with E-state index in [4.69, 9.17) is 19.9 Å². The van der Waals surface area contributed by atoms with Gasteiger partial charge in [-0.3, -0.25) is 0 Å². The van der Waals surface area contributed by atoms with Gasteiger partial charge in [-0.2, -0.15) is 0 Å². The van der Waals surface area contributed by atoms with Crippen LogP contribution in [0.4, 0.5) is 4.39 Å². The average molecular weight is 257 g/mol. The zero-order valence-corrected chi connectivity index (χ0v) is 10.8. The van der Waals surface area contributed by atoms with Crippen molar-refractivity contribution in [3.05, 3.63) is 29.6 Å². The van der Waals surface area contributed by atoms with Crippen LogP contribution < -0.4 is 10.5 Å². The summed E-state index contributed by atoms with van der Waals surface area (Å²) in [6, 6.07) is 4.16. The van der Waals surface area contributed by atoms with Gasteiger partial charge in [-0.1, -0.05) is 6.07 Å². The molecule has 0 aliphatic carbocycles. The average Bonchev–Trinajstić information content (AvgIpc) is 2.33. The second-order valence-corrected chi connectivity index (χ2v) is 3.92. The van der Waals surface area contributed by atoms with Gasteiger partial charge in [-0.15, -0.1) is 0 Å². The van der Waals surface area contributed by atoms with E-state index in [-0.39, 0.29) is 11.9 Å². The molecular weight excluding hydrogens is 237 g/mol. The van der Waals surface area contributed by atoms with Crippen molar-refractivity contribution in [1.82, 2.24) is 0 Å². The van der Waals surface area contributed by atoms with Gasteiger partial charge in [0.2, 0.25) is 0 Å². The summed E-state index contributed by atoms with van der Waals surface area (Å²) in [6.07, 6.45) is 0. The molecule has 0 aliphatic rings. The molecule has 0 unspecified atom stereocenters. The Morgan fingerprint density at radius 3 is 2.61 bits per heavy atom. The van der Waals surface area contributed by atoms with Gasteiger partial charge < -0.3 is 19.9 Å². The molecule has 18 heavy (non-hydrogen) atoms. The number of rotatable bonds is 8. The maximum Gasteiger partial charge on any atom is 0.127 e. The van der Waals surface area contributed by atoms with E-state index in [1.165, 1.54) is 12.1 Å². The van der Waals surface area contributed by atoms with Gasteiger partial charge in [0, 0.05) is 24.8 Å². The van der Waals surface area contributed by atoms with E-state index in [1.54, 1.807) is 13.2 Å². The Morgan fingerprint density at radius 2 is 1.94 bits per heavy atom. The quantitative estimate of drug-likeness (QED) is 0.722. The Balaban J connectivity index is 2.43. The summed E-state index contributed by atoms with van der Waals surface area (Å²) in [7, 11) is 1.61. The predicted octanol–water partition coefficient (Wildman–Crippen LogP) is 1.89. The molecule has 0 saturated heterocycles. The second kappa shape index (κ2) is 8.02. The lowest BCUT2D eigenvalue weighted by atomic mass is 10.1. The first-order chi connectivity index (χ1) is 8.65. The molecule has 0 aliphatic heterocycles. The maximum absolute atomic E-state index is 13.1. The number of ether oxygens (including phenoxy) is 3. The summed E-state index contributed by atoms with van der Waals surface area (Å²) in [5.74, 6) is 0.134. The van der Waals surface area contributed by atoms with Crippen molar-refractivity contribution in [2.75, 3.05) is 33.5 Å².